The first-order valence-corrected chi connectivity index (χ1v) is 8.72. The summed E-state index contributed by atoms with van der Waals surface area (Å²) in [4.78, 5) is 7.74. The molecule has 2 aromatic carbocycles. The van der Waals surface area contributed by atoms with E-state index >= 15 is 0 Å². The van der Waals surface area contributed by atoms with Crippen molar-refractivity contribution in [2.75, 3.05) is 6.26 Å². The average molecular weight is 383 g/mol. The molecule has 10 heteroatoms. The third-order valence-corrected chi connectivity index (χ3v) is 4.23. The number of hydrogen-bond donors (Lipinski definition) is 3. The highest BCUT2D eigenvalue weighted by Gasteiger charge is 2.34. The van der Waals surface area contributed by atoms with Crippen LogP contribution < -0.4 is 17.2 Å². The quantitative estimate of drug-likeness (QED) is 0.556. The SMILES string of the molecule is CS(=O)c1ccc(-c2ccc(N=C(N)N=C(N)N)cc2C(F)(F)F)cc1. The van der Waals surface area contributed by atoms with Crippen LogP contribution in [0.2, 0.25) is 0 Å². The Labute approximate surface area is 150 Å². The van der Waals surface area contributed by atoms with Gasteiger partial charge in [0.1, 0.15) is 0 Å². The summed E-state index contributed by atoms with van der Waals surface area (Å²) in [6.07, 6.45) is -3.12. The zero-order valence-corrected chi connectivity index (χ0v) is 14.4. The molecule has 0 saturated heterocycles. The summed E-state index contributed by atoms with van der Waals surface area (Å²) in [6, 6.07) is 9.52. The van der Waals surface area contributed by atoms with Gasteiger partial charge in [0.2, 0.25) is 5.96 Å². The van der Waals surface area contributed by atoms with Gasteiger partial charge in [-0.05, 0) is 35.4 Å². The van der Waals surface area contributed by atoms with Gasteiger partial charge in [0.05, 0.1) is 11.3 Å². The minimum atomic E-state index is -4.61. The van der Waals surface area contributed by atoms with E-state index < -0.39 is 22.5 Å². The molecule has 0 aliphatic carbocycles. The van der Waals surface area contributed by atoms with E-state index in [9.17, 15) is 17.4 Å². The lowest BCUT2D eigenvalue weighted by Gasteiger charge is -2.14. The number of hydrogen-bond acceptors (Lipinski definition) is 2. The van der Waals surface area contributed by atoms with Crippen LogP contribution in [-0.2, 0) is 17.0 Å². The zero-order valence-electron chi connectivity index (χ0n) is 13.6. The molecular weight excluding hydrogens is 367 g/mol. The number of nitrogens with two attached hydrogens (primary N) is 3. The third-order valence-electron chi connectivity index (χ3n) is 3.29. The van der Waals surface area contributed by atoms with Gasteiger partial charge in [0, 0.05) is 22.0 Å². The number of benzene rings is 2. The predicted molar refractivity (Wildman–Crippen MR) is 96.3 cm³/mol. The number of guanidine groups is 2. The Kier molecular flexibility index (Phi) is 5.66. The van der Waals surface area contributed by atoms with Gasteiger partial charge >= 0.3 is 6.18 Å². The van der Waals surface area contributed by atoms with Crippen molar-refractivity contribution >= 4 is 28.4 Å². The van der Waals surface area contributed by atoms with E-state index in [-0.39, 0.29) is 23.2 Å². The van der Waals surface area contributed by atoms with Crippen molar-refractivity contribution < 1.29 is 17.4 Å². The Morgan fingerprint density at radius 3 is 2.15 bits per heavy atom. The van der Waals surface area contributed by atoms with Crippen molar-refractivity contribution in [3.8, 4) is 11.1 Å². The summed E-state index contributed by atoms with van der Waals surface area (Å²) in [6.45, 7) is 0. The van der Waals surface area contributed by atoms with Crippen LogP contribution in [0.4, 0.5) is 18.9 Å². The number of nitrogens with zero attached hydrogens (tertiary/aromatic N) is 2. The first-order chi connectivity index (χ1) is 12.1. The summed E-state index contributed by atoms with van der Waals surface area (Å²) >= 11 is 0. The lowest BCUT2D eigenvalue weighted by Crippen LogP contribution is -2.26. The van der Waals surface area contributed by atoms with Crippen molar-refractivity contribution in [1.29, 1.82) is 0 Å². The molecule has 6 N–H and O–H groups in total. The Morgan fingerprint density at radius 2 is 1.65 bits per heavy atom. The maximum atomic E-state index is 13.5. The van der Waals surface area contributed by atoms with Crippen LogP contribution in [0, 0.1) is 0 Å². The topological polar surface area (TPSA) is 120 Å². The molecule has 0 saturated carbocycles. The van der Waals surface area contributed by atoms with Crippen LogP contribution in [0.25, 0.3) is 11.1 Å². The van der Waals surface area contributed by atoms with E-state index in [4.69, 9.17) is 17.2 Å². The number of aliphatic imine (C=N–C) groups is 2. The minimum Gasteiger partial charge on any atom is -0.370 e. The highest BCUT2D eigenvalue weighted by molar-refractivity contribution is 7.84. The minimum absolute atomic E-state index is 0.0368. The normalized spacial score (nSPS) is 13.3. The average Bonchev–Trinajstić information content (AvgIpc) is 2.53. The molecule has 0 bridgehead atoms. The van der Waals surface area contributed by atoms with E-state index in [1.165, 1.54) is 42.7 Å². The summed E-state index contributed by atoms with van der Waals surface area (Å²) < 4.78 is 51.8. The van der Waals surface area contributed by atoms with Crippen LogP contribution in [0.1, 0.15) is 5.56 Å². The van der Waals surface area contributed by atoms with Gasteiger partial charge in [-0.25, -0.2) is 4.99 Å². The molecule has 0 radical (unpaired) electrons. The highest BCUT2D eigenvalue weighted by Crippen LogP contribution is 2.39. The van der Waals surface area contributed by atoms with Crippen molar-refractivity contribution in [2.45, 2.75) is 11.1 Å². The van der Waals surface area contributed by atoms with Crippen molar-refractivity contribution in [3.05, 3.63) is 48.0 Å². The molecule has 6 nitrogen and oxygen atoms in total. The molecule has 1 atom stereocenters. The van der Waals surface area contributed by atoms with E-state index in [0.29, 0.717) is 10.5 Å². The summed E-state index contributed by atoms with van der Waals surface area (Å²) in [5.74, 6) is -0.715. The van der Waals surface area contributed by atoms with Crippen LogP contribution in [-0.4, -0.2) is 22.4 Å². The lowest BCUT2D eigenvalue weighted by molar-refractivity contribution is -0.137. The molecule has 0 aliphatic heterocycles. The monoisotopic (exact) mass is 383 g/mol. The van der Waals surface area contributed by atoms with Crippen LogP contribution >= 0.6 is 0 Å². The standard InChI is InChI=1S/C16H16F3N5OS/c1-26(25)11-5-2-9(3-6-11)12-7-4-10(8-13(12)16(17,18)19)23-15(22)24-14(20)21/h2-8H,1H3,(H6,20,21,22,23,24). The Hall–Kier alpha value is -2.88. The molecule has 0 aromatic heterocycles. The summed E-state index contributed by atoms with van der Waals surface area (Å²) in [5, 5.41) is 0. The third kappa shape index (κ3) is 4.82. The molecule has 0 amide bonds. The van der Waals surface area contributed by atoms with Gasteiger partial charge in [-0.3, -0.25) is 4.21 Å². The molecular formula is C16H16F3N5OS. The molecule has 2 rings (SSSR count). The van der Waals surface area contributed by atoms with Crippen LogP contribution in [0.15, 0.2) is 57.3 Å². The molecule has 138 valence electrons. The van der Waals surface area contributed by atoms with Gasteiger partial charge in [-0.15, -0.1) is 0 Å². The smallest absolute Gasteiger partial charge is 0.370 e. The van der Waals surface area contributed by atoms with Crippen molar-refractivity contribution in [1.82, 2.24) is 0 Å². The Bertz CT molecular complexity index is 888. The molecule has 2 aromatic rings. The Morgan fingerprint density at radius 1 is 1.04 bits per heavy atom. The molecule has 0 fully saturated rings. The van der Waals surface area contributed by atoms with Crippen LogP contribution in [0.3, 0.4) is 0 Å². The van der Waals surface area contributed by atoms with Gasteiger partial charge in [0.15, 0.2) is 5.96 Å². The van der Waals surface area contributed by atoms with Gasteiger partial charge in [-0.1, -0.05) is 18.2 Å². The van der Waals surface area contributed by atoms with Crippen molar-refractivity contribution in [2.24, 2.45) is 27.2 Å². The number of rotatable bonds is 3. The van der Waals surface area contributed by atoms with Gasteiger partial charge < -0.3 is 17.2 Å². The largest absolute Gasteiger partial charge is 0.417 e. The Balaban J connectivity index is 2.54. The number of halogens is 3. The lowest BCUT2D eigenvalue weighted by atomic mass is 9.98. The summed E-state index contributed by atoms with van der Waals surface area (Å²) in [7, 11) is -1.22. The maximum Gasteiger partial charge on any atom is 0.417 e. The van der Waals surface area contributed by atoms with Gasteiger partial charge in [-0.2, -0.15) is 18.2 Å². The van der Waals surface area contributed by atoms with E-state index in [0.717, 1.165) is 6.07 Å². The molecule has 0 spiro atoms. The fraction of sp³-hybridized carbons (Fsp3) is 0.125. The van der Waals surface area contributed by atoms with Crippen LogP contribution in [0.5, 0.6) is 0 Å². The fourth-order valence-electron chi connectivity index (χ4n) is 2.20. The maximum absolute atomic E-state index is 13.5. The summed E-state index contributed by atoms with van der Waals surface area (Å²) in [5.41, 5.74) is 15.1. The first-order valence-electron chi connectivity index (χ1n) is 7.17. The zero-order chi connectivity index (χ0) is 19.5. The molecule has 0 heterocycles. The predicted octanol–water partition coefficient (Wildman–Crippen LogP) is 2.33. The molecule has 26 heavy (non-hydrogen) atoms. The second-order valence-corrected chi connectivity index (χ2v) is 6.59. The first kappa shape index (κ1) is 19.4. The van der Waals surface area contributed by atoms with E-state index in [1.807, 2.05) is 0 Å². The van der Waals surface area contributed by atoms with E-state index in [1.54, 1.807) is 0 Å². The molecule has 0 aliphatic rings. The second-order valence-electron chi connectivity index (χ2n) is 5.21. The van der Waals surface area contributed by atoms with Crippen molar-refractivity contribution in [3.63, 3.8) is 0 Å². The van der Waals surface area contributed by atoms with Gasteiger partial charge in [0.25, 0.3) is 0 Å². The fourth-order valence-corrected chi connectivity index (χ4v) is 2.72. The number of alkyl halides is 3. The van der Waals surface area contributed by atoms with E-state index in [2.05, 4.69) is 9.98 Å². The molecule has 1 unspecified atom stereocenters. The highest BCUT2D eigenvalue weighted by atomic mass is 32.2. The second kappa shape index (κ2) is 7.56.